The van der Waals surface area contributed by atoms with Crippen molar-refractivity contribution in [1.82, 2.24) is 4.98 Å². The second-order valence-electron chi connectivity index (χ2n) is 3.45. The van der Waals surface area contributed by atoms with Gasteiger partial charge in [0, 0.05) is 7.05 Å². The van der Waals surface area contributed by atoms with Crippen LogP contribution in [0, 0.1) is 4.91 Å². The third kappa shape index (κ3) is 2.01. The molecule has 0 aliphatic carbocycles. The number of hydrogen-bond donors (Lipinski definition) is 1. The molecule has 0 saturated heterocycles. The number of nitrogens with zero attached hydrogens (tertiary/aromatic N) is 2. The molecule has 0 unspecified atom stereocenters. The van der Waals surface area contributed by atoms with Crippen molar-refractivity contribution >= 4 is 17.3 Å². The first kappa shape index (κ1) is 10.9. The third-order valence-electron chi connectivity index (χ3n) is 1.94. The number of pyridine rings is 1. The van der Waals surface area contributed by atoms with Gasteiger partial charge in [-0.2, -0.15) is 0 Å². The number of hydrogen-bond acceptors (Lipinski definition) is 4. The number of aromatic nitrogens is 1. The van der Waals surface area contributed by atoms with Crippen molar-refractivity contribution < 1.29 is 0 Å². The van der Waals surface area contributed by atoms with Crippen LogP contribution in [0.3, 0.4) is 0 Å². The van der Waals surface area contributed by atoms with E-state index in [9.17, 15) is 4.91 Å². The molecule has 0 atom stereocenters. The zero-order valence-corrected chi connectivity index (χ0v) is 9.09. The largest absolute Gasteiger partial charge is 0.387 e. The molecular formula is C9H12ClN3O. The quantitative estimate of drug-likeness (QED) is 0.786. The summed E-state index contributed by atoms with van der Waals surface area (Å²) in [5, 5.41) is 6.34. The Morgan fingerprint density at radius 2 is 2.21 bits per heavy atom. The Morgan fingerprint density at radius 1 is 1.57 bits per heavy atom. The van der Waals surface area contributed by atoms with Crippen LogP contribution in [-0.4, -0.2) is 12.0 Å². The molecule has 5 heteroatoms. The van der Waals surface area contributed by atoms with Gasteiger partial charge >= 0.3 is 0 Å². The van der Waals surface area contributed by atoms with Crippen LogP contribution in [0.2, 0.25) is 5.02 Å². The van der Waals surface area contributed by atoms with E-state index >= 15 is 0 Å². The van der Waals surface area contributed by atoms with E-state index in [0.717, 1.165) is 5.69 Å². The summed E-state index contributed by atoms with van der Waals surface area (Å²) in [5.41, 5.74) is 0.414. The molecule has 1 rings (SSSR count). The van der Waals surface area contributed by atoms with Crippen molar-refractivity contribution in [1.29, 1.82) is 0 Å². The number of anilines is 1. The maximum absolute atomic E-state index is 10.6. The summed E-state index contributed by atoms with van der Waals surface area (Å²) in [5.74, 6) is 0. The predicted octanol–water partition coefficient (Wildman–Crippen LogP) is 2.78. The first-order valence-corrected chi connectivity index (χ1v) is 4.57. The summed E-state index contributed by atoms with van der Waals surface area (Å²) in [7, 11) is 1.77. The van der Waals surface area contributed by atoms with E-state index in [2.05, 4.69) is 15.5 Å². The molecule has 14 heavy (non-hydrogen) atoms. The lowest BCUT2D eigenvalue weighted by Crippen LogP contribution is -2.15. The van der Waals surface area contributed by atoms with Crippen molar-refractivity contribution in [2.45, 2.75) is 19.4 Å². The maximum atomic E-state index is 10.6. The van der Waals surface area contributed by atoms with Gasteiger partial charge in [-0.1, -0.05) is 16.8 Å². The average molecular weight is 214 g/mol. The zero-order valence-electron chi connectivity index (χ0n) is 8.34. The molecule has 4 nitrogen and oxygen atoms in total. The van der Waals surface area contributed by atoms with Gasteiger partial charge in [-0.05, 0) is 19.9 Å². The topological polar surface area (TPSA) is 54.4 Å². The molecule has 0 fully saturated rings. The molecule has 0 radical (unpaired) electrons. The van der Waals surface area contributed by atoms with Gasteiger partial charge in [0.15, 0.2) is 0 Å². The molecule has 76 valence electrons. The summed E-state index contributed by atoms with van der Waals surface area (Å²) >= 11 is 5.97. The summed E-state index contributed by atoms with van der Waals surface area (Å²) < 4.78 is 0. The van der Waals surface area contributed by atoms with Gasteiger partial charge in [0.2, 0.25) is 0 Å². The molecule has 1 heterocycles. The first-order chi connectivity index (χ1) is 6.51. The normalized spacial score (nSPS) is 11.1. The second kappa shape index (κ2) is 3.92. The third-order valence-corrected chi connectivity index (χ3v) is 2.23. The summed E-state index contributed by atoms with van der Waals surface area (Å²) in [6, 6.07) is 1.72. The maximum Gasteiger partial charge on any atom is 0.140 e. The summed E-state index contributed by atoms with van der Waals surface area (Å²) in [6.07, 6.45) is 1.62. The van der Waals surface area contributed by atoms with E-state index in [0.29, 0.717) is 10.7 Å². The molecule has 0 bridgehead atoms. The fourth-order valence-electron chi connectivity index (χ4n) is 1.07. The van der Waals surface area contributed by atoms with Crippen molar-refractivity contribution in [3.05, 3.63) is 27.9 Å². The molecule has 1 N–H and O–H groups in total. The van der Waals surface area contributed by atoms with Crippen LogP contribution >= 0.6 is 11.6 Å². The van der Waals surface area contributed by atoms with Crippen molar-refractivity contribution in [2.75, 3.05) is 12.4 Å². The van der Waals surface area contributed by atoms with Gasteiger partial charge in [0.25, 0.3) is 0 Å². The SMILES string of the molecule is CNc1cnc(C(C)(C)N=O)c(Cl)c1. The molecular weight excluding hydrogens is 202 g/mol. The van der Waals surface area contributed by atoms with E-state index in [1.54, 1.807) is 33.2 Å². The number of nitrogens with one attached hydrogen (secondary N) is 1. The van der Waals surface area contributed by atoms with Crippen LogP contribution in [-0.2, 0) is 5.54 Å². The summed E-state index contributed by atoms with van der Waals surface area (Å²) in [4.78, 5) is 14.7. The van der Waals surface area contributed by atoms with Gasteiger partial charge in [-0.3, -0.25) is 4.98 Å². The fraction of sp³-hybridized carbons (Fsp3) is 0.444. The lowest BCUT2D eigenvalue weighted by atomic mass is 10.0. The molecule has 0 aromatic carbocycles. The molecule has 0 spiro atoms. The molecule has 0 amide bonds. The Balaban J connectivity index is 3.18. The van der Waals surface area contributed by atoms with Crippen molar-refractivity contribution in [3.8, 4) is 0 Å². The Hall–Kier alpha value is -1.16. The first-order valence-electron chi connectivity index (χ1n) is 4.19. The van der Waals surface area contributed by atoms with E-state index in [1.165, 1.54) is 0 Å². The number of rotatable bonds is 3. The molecule has 1 aromatic heterocycles. The minimum Gasteiger partial charge on any atom is -0.387 e. The monoisotopic (exact) mass is 213 g/mol. The van der Waals surface area contributed by atoms with Gasteiger partial charge in [-0.15, -0.1) is 4.91 Å². The number of nitroso groups, excluding NO2 is 1. The van der Waals surface area contributed by atoms with Crippen LogP contribution in [0.5, 0.6) is 0 Å². The predicted molar refractivity (Wildman–Crippen MR) is 57.6 cm³/mol. The fourth-order valence-corrected chi connectivity index (χ4v) is 1.47. The van der Waals surface area contributed by atoms with Crippen LogP contribution in [0.4, 0.5) is 5.69 Å². The second-order valence-corrected chi connectivity index (χ2v) is 3.86. The standard InChI is InChI=1S/C9H12ClN3O/c1-9(2,13-14)8-7(10)4-6(11-3)5-12-8/h4-5,11H,1-3H3. The zero-order chi connectivity index (χ0) is 10.8. The molecule has 0 aliphatic rings. The van der Waals surface area contributed by atoms with Crippen LogP contribution in [0.15, 0.2) is 17.4 Å². The minimum atomic E-state index is -0.886. The van der Waals surface area contributed by atoms with E-state index in [4.69, 9.17) is 11.6 Å². The lowest BCUT2D eigenvalue weighted by Gasteiger charge is -2.16. The highest BCUT2D eigenvalue weighted by atomic mass is 35.5. The highest BCUT2D eigenvalue weighted by Crippen LogP contribution is 2.30. The number of halogens is 1. The van der Waals surface area contributed by atoms with Crippen LogP contribution in [0.25, 0.3) is 0 Å². The average Bonchev–Trinajstić information content (AvgIpc) is 2.17. The summed E-state index contributed by atoms with van der Waals surface area (Å²) in [6.45, 7) is 3.35. The minimum absolute atomic E-state index is 0.446. The van der Waals surface area contributed by atoms with Crippen LogP contribution < -0.4 is 5.32 Å². The lowest BCUT2D eigenvalue weighted by molar-refractivity contribution is 0.534. The Kier molecular flexibility index (Phi) is 3.06. The Bertz CT molecular complexity index is 352. The van der Waals surface area contributed by atoms with Gasteiger partial charge in [-0.25, -0.2) is 0 Å². The molecule has 0 saturated carbocycles. The highest BCUT2D eigenvalue weighted by molar-refractivity contribution is 6.31. The molecule has 0 aliphatic heterocycles. The Labute approximate surface area is 87.7 Å². The highest BCUT2D eigenvalue weighted by Gasteiger charge is 2.25. The van der Waals surface area contributed by atoms with Gasteiger partial charge < -0.3 is 5.32 Å². The van der Waals surface area contributed by atoms with E-state index < -0.39 is 5.54 Å². The molecule has 1 aromatic rings. The Morgan fingerprint density at radius 3 is 2.64 bits per heavy atom. The van der Waals surface area contributed by atoms with E-state index in [1.807, 2.05) is 0 Å². The van der Waals surface area contributed by atoms with Gasteiger partial charge in [0.1, 0.15) is 5.54 Å². The van der Waals surface area contributed by atoms with Crippen LogP contribution in [0.1, 0.15) is 19.5 Å². The van der Waals surface area contributed by atoms with Crippen molar-refractivity contribution in [3.63, 3.8) is 0 Å². The van der Waals surface area contributed by atoms with Gasteiger partial charge in [0.05, 0.1) is 22.6 Å². The van der Waals surface area contributed by atoms with E-state index in [-0.39, 0.29) is 0 Å². The smallest absolute Gasteiger partial charge is 0.140 e. The van der Waals surface area contributed by atoms with Crippen molar-refractivity contribution in [2.24, 2.45) is 5.18 Å².